The van der Waals surface area contributed by atoms with Gasteiger partial charge in [-0.1, -0.05) is 80.3 Å². The monoisotopic (exact) mass is 503 g/mol. The topological polar surface area (TPSA) is 37.4 Å². The Labute approximate surface area is 217 Å². The van der Waals surface area contributed by atoms with Crippen LogP contribution >= 0.6 is 0 Å². The molecule has 0 spiro atoms. The summed E-state index contributed by atoms with van der Waals surface area (Å²) >= 11 is 0. The SMILES string of the molecule is O=C(C1CCC(=O)C(F)(F)C1)N(CCc1ccc2ccccc2c1)c1ccc(CCC2CCCC2)cc1. The van der Waals surface area contributed by atoms with E-state index in [4.69, 9.17) is 0 Å². The van der Waals surface area contributed by atoms with Crippen molar-refractivity contribution in [3.8, 4) is 0 Å². The molecule has 0 N–H and O–H groups in total. The second-order valence-corrected chi connectivity index (χ2v) is 10.8. The zero-order valence-electron chi connectivity index (χ0n) is 21.3. The molecular formula is C32H35F2NO2. The first-order valence-electron chi connectivity index (χ1n) is 13.7. The van der Waals surface area contributed by atoms with Gasteiger partial charge in [-0.2, -0.15) is 8.78 Å². The first kappa shape index (κ1) is 25.6. The molecule has 1 atom stereocenters. The van der Waals surface area contributed by atoms with Crippen molar-refractivity contribution in [3.05, 3.63) is 77.9 Å². The highest BCUT2D eigenvalue weighted by Gasteiger charge is 2.47. The van der Waals surface area contributed by atoms with Gasteiger partial charge in [-0.3, -0.25) is 9.59 Å². The molecule has 5 heteroatoms. The summed E-state index contributed by atoms with van der Waals surface area (Å²) in [6, 6.07) is 22.4. The van der Waals surface area contributed by atoms with E-state index in [0.717, 1.165) is 34.4 Å². The molecular weight excluding hydrogens is 468 g/mol. The predicted molar refractivity (Wildman–Crippen MR) is 144 cm³/mol. The van der Waals surface area contributed by atoms with Crippen LogP contribution in [0.3, 0.4) is 0 Å². The van der Waals surface area contributed by atoms with Gasteiger partial charge in [0.15, 0.2) is 0 Å². The van der Waals surface area contributed by atoms with E-state index in [1.807, 2.05) is 24.3 Å². The molecule has 1 unspecified atom stereocenters. The van der Waals surface area contributed by atoms with E-state index in [0.29, 0.717) is 13.0 Å². The largest absolute Gasteiger partial charge is 0.312 e. The summed E-state index contributed by atoms with van der Waals surface area (Å²) in [5, 5.41) is 2.29. The molecule has 3 nitrogen and oxygen atoms in total. The van der Waals surface area contributed by atoms with E-state index >= 15 is 0 Å². The zero-order chi connectivity index (χ0) is 25.8. The summed E-state index contributed by atoms with van der Waals surface area (Å²) in [6.45, 7) is 0.397. The smallest absolute Gasteiger partial charge is 0.306 e. The molecule has 0 radical (unpaired) electrons. The number of fused-ring (bicyclic) bond motifs is 1. The third kappa shape index (κ3) is 6.08. The molecule has 1 amide bonds. The van der Waals surface area contributed by atoms with Crippen molar-refractivity contribution in [2.75, 3.05) is 11.4 Å². The molecule has 0 aliphatic heterocycles. The molecule has 3 aromatic rings. The molecule has 5 rings (SSSR count). The Kier molecular flexibility index (Phi) is 7.68. The number of carbonyl (C=O) groups excluding carboxylic acids is 2. The number of hydrogen-bond donors (Lipinski definition) is 0. The molecule has 2 saturated carbocycles. The minimum atomic E-state index is -3.42. The minimum absolute atomic E-state index is 0.180. The summed E-state index contributed by atoms with van der Waals surface area (Å²) in [6.07, 6.45) is 7.38. The Balaban J connectivity index is 1.33. The zero-order valence-corrected chi connectivity index (χ0v) is 21.3. The van der Waals surface area contributed by atoms with Gasteiger partial charge in [0.1, 0.15) is 0 Å². The summed E-state index contributed by atoms with van der Waals surface area (Å²) < 4.78 is 28.4. The normalized spacial score (nSPS) is 19.8. The Bertz CT molecular complexity index is 1250. The highest BCUT2D eigenvalue weighted by molar-refractivity contribution is 5.97. The lowest BCUT2D eigenvalue weighted by Crippen LogP contribution is -2.44. The van der Waals surface area contributed by atoms with Gasteiger partial charge in [-0.25, -0.2) is 0 Å². The fraction of sp³-hybridized carbons (Fsp3) is 0.438. The van der Waals surface area contributed by atoms with Crippen molar-refractivity contribution in [1.82, 2.24) is 0 Å². The number of amides is 1. The number of benzene rings is 3. The Hall–Kier alpha value is -3.08. The molecule has 194 valence electrons. The van der Waals surface area contributed by atoms with Crippen molar-refractivity contribution >= 4 is 28.2 Å². The summed E-state index contributed by atoms with van der Waals surface area (Å²) in [4.78, 5) is 26.9. The van der Waals surface area contributed by atoms with Crippen molar-refractivity contribution in [2.24, 2.45) is 11.8 Å². The molecule has 2 aliphatic rings. The van der Waals surface area contributed by atoms with Crippen LogP contribution < -0.4 is 4.90 Å². The fourth-order valence-corrected chi connectivity index (χ4v) is 5.96. The summed E-state index contributed by atoms with van der Waals surface area (Å²) in [5.41, 5.74) is 3.07. The summed E-state index contributed by atoms with van der Waals surface area (Å²) in [5.74, 6) is -4.83. The van der Waals surface area contributed by atoms with Crippen molar-refractivity contribution in [2.45, 2.75) is 70.1 Å². The van der Waals surface area contributed by atoms with E-state index in [1.54, 1.807) is 4.90 Å². The lowest BCUT2D eigenvalue weighted by Gasteiger charge is -2.32. The van der Waals surface area contributed by atoms with Crippen LogP contribution in [0, 0.1) is 11.8 Å². The van der Waals surface area contributed by atoms with Gasteiger partial charge in [0, 0.05) is 31.0 Å². The highest BCUT2D eigenvalue weighted by atomic mass is 19.3. The van der Waals surface area contributed by atoms with Crippen LogP contribution in [-0.4, -0.2) is 24.2 Å². The molecule has 3 aromatic carbocycles. The lowest BCUT2D eigenvalue weighted by molar-refractivity contribution is -0.152. The maximum absolute atomic E-state index is 14.2. The number of carbonyl (C=O) groups is 2. The van der Waals surface area contributed by atoms with Crippen LogP contribution in [0.5, 0.6) is 0 Å². The third-order valence-electron chi connectivity index (χ3n) is 8.25. The lowest BCUT2D eigenvalue weighted by atomic mass is 9.84. The number of rotatable bonds is 8. The second kappa shape index (κ2) is 11.1. The maximum atomic E-state index is 14.2. The van der Waals surface area contributed by atoms with Gasteiger partial charge >= 0.3 is 5.92 Å². The Morgan fingerprint density at radius 3 is 2.30 bits per heavy atom. The van der Waals surface area contributed by atoms with Crippen LogP contribution in [-0.2, 0) is 22.4 Å². The van der Waals surface area contributed by atoms with E-state index in [-0.39, 0.29) is 18.7 Å². The Morgan fingerprint density at radius 2 is 1.57 bits per heavy atom. The van der Waals surface area contributed by atoms with Gasteiger partial charge in [-0.15, -0.1) is 0 Å². The predicted octanol–water partition coefficient (Wildman–Crippen LogP) is 7.54. The molecule has 2 fully saturated rings. The van der Waals surface area contributed by atoms with Crippen LogP contribution in [0.25, 0.3) is 10.8 Å². The maximum Gasteiger partial charge on any atom is 0.306 e. The number of Topliss-reactive ketones (excluding diaryl/α,β-unsaturated/α-hetero) is 1. The van der Waals surface area contributed by atoms with E-state index in [1.165, 1.54) is 37.7 Å². The quantitative estimate of drug-likeness (QED) is 0.318. The number of anilines is 1. The van der Waals surface area contributed by atoms with E-state index < -0.39 is 24.0 Å². The first-order valence-corrected chi connectivity index (χ1v) is 13.7. The molecule has 0 heterocycles. The summed E-state index contributed by atoms with van der Waals surface area (Å²) in [7, 11) is 0. The van der Waals surface area contributed by atoms with E-state index in [9.17, 15) is 18.4 Å². The molecule has 2 aliphatic carbocycles. The number of aryl methyl sites for hydroxylation is 1. The first-order chi connectivity index (χ1) is 17.9. The molecule has 0 saturated heterocycles. The molecule has 0 aromatic heterocycles. The van der Waals surface area contributed by atoms with Crippen LogP contribution in [0.2, 0.25) is 0 Å². The average Bonchev–Trinajstić information content (AvgIpc) is 3.43. The third-order valence-corrected chi connectivity index (χ3v) is 8.25. The van der Waals surface area contributed by atoms with Gasteiger partial charge in [-0.05, 0) is 65.6 Å². The fourth-order valence-electron chi connectivity index (χ4n) is 5.96. The van der Waals surface area contributed by atoms with Gasteiger partial charge in [0.2, 0.25) is 11.7 Å². The van der Waals surface area contributed by atoms with Crippen LogP contribution in [0.15, 0.2) is 66.7 Å². The number of halogens is 2. The molecule has 37 heavy (non-hydrogen) atoms. The average molecular weight is 504 g/mol. The number of nitrogens with zero attached hydrogens (tertiary/aromatic N) is 1. The van der Waals surface area contributed by atoms with Crippen molar-refractivity contribution in [3.63, 3.8) is 0 Å². The van der Waals surface area contributed by atoms with E-state index in [2.05, 4.69) is 42.5 Å². The number of ketones is 1. The molecule has 0 bridgehead atoms. The van der Waals surface area contributed by atoms with Crippen LogP contribution in [0.4, 0.5) is 14.5 Å². The van der Waals surface area contributed by atoms with Gasteiger partial charge < -0.3 is 4.90 Å². The van der Waals surface area contributed by atoms with Crippen LogP contribution in [0.1, 0.15) is 62.5 Å². The number of alkyl halides is 2. The highest BCUT2D eigenvalue weighted by Crippen LogP contribution is 2.36. The van der Waals surface area contributed by atoms with Gasteiger partial charge in [0.05, 0.1) is 0 Å². The van der Waals surface area contributed by atoms with Crippen molar-refractivity contribution in [1.29, 1.82) is 0 Å². The standard InChI is InChI=1S/C32H35F2NO2/c33-32(34)22-28(15-18-30(32)36)31(37)35(20-19-25-11-14-26-7-3-4-8-27(26)21-25)29-16-12-24(13-17-29)10-9-23-5-1-2-6-23/h3-4,7-8,11-14,16-17,21,23,28H,1-2,5-6,9-10,15,18-20,22H2. The number of hydrogen-bond acceptors (Lipinski definition) is 2. The Morgan fingerprint density at radius 1 is 0.865 bits per heavy atom. The van der Waals surface area contributed by atoms with Gasteiger partial charge in [0.25, 0.3) is 0 Å². The minimum Gasteiger partial charge on any atom is -0.312 e. The van der Waals surface area contributed by atoms with Crippen molar-refractivity contribution < 1.29 is 18.4 Å². The second-order valence-electron chi connectivity index (χ2n) is 10.8.